The second-order valence-electron chi connectivity index (χ2n) is 5.54. The maximum absolute atomic E-state index is 5.89. The predicted molar refractivity (Wildman–Crippen MR) is 82.1 cm³/mol. The highest BCUT2D eigenvalue weighted by Gasteiger charge is 2.36. The summed E-state index contributed by atoms with van der Waals surface area (Å²) in [5.41, 5.74) is 0.927. The molecule has 0 bridgehead atoms. The number of ether oxygens (including phenoxy) is 2. The second-order valence-corrected chi connectivity index (χ2v) is 5.54. The van der Waals surface area contributed by atoms with Gasteiger partial charge in [-0.15, -0.1) is 0 Å². The van der Waals surface area contributed by atoms with Crippen LogP contribution in [-0.2, 0) is 6.54 Å². The Morgan fingerprint density at radius 2 is 2.00 bits per heavy atom. The lowest BCUT2D eigenvalue weighted by atomic mass is 10.2. The molecule has 1 N–H and O–H groups in total. The van der Waals surface area contributed by atoms with E-state index in [0.717, 1.165) is 34.6 Å². The molecule has 1 aromatic heterocycles. The first-order valence-electron chi connectivity index (χ1n) is 7.25. The van der Waals surface area contributed by atoms with Crippen molar-refractivity contribution >= 4 is 5.69 Å². The molecule has 2 atom stereocenters. The van der Waals surface area contributed by atoms with Crippen LogP contribution in [-0.4, -0.2) is 14.2 Å². The number of rotatable bonds is 6. The fraction of sp³-hybridized carbons (Fsp3) is 0.412. The zero-order valence-corrected chi connectivity index (χ0v) is 12.7. The van der Waals surface area contributed by atoms with Crippen LogP contribution in [0.2, 0.25) is 0 Å². The molecule has 0 spiro atoms. The third-order valence-corrected chi connectivity index (χ3v) is 4.02. The van der Waals surface area contributed by atoms with E-state index >= 15 is 0 Å². The summed E-state index contributed by atoms with van der Waals surface area (Å²) >= 11 is 0. The van der Waals surface area contributed by atoms with Gasteiger partial charge in [-0.1, -0.05) is 6.92 Å². The zero-order chi connectivity index (χ0) is 14.8. The van der Waals surface area contributed by atoms with Gasteiger partial charge >= 0.3 is 0 Å². The number of nitrogens with one attached hydrogen (secondary N) is 1. The van der Waals surface area contributed by atoms with Gasteiger partial charge in [-0.2, -0.15) is 0 Å². The maximum Gasteiger partial charge on any atom is 0.145 e. The molecule has 112 valence electrons. The van der Waals surface area contributed by atoms with Crippen LogP contribution in [0.25, 0.3) is 0 Å². The number of hydrogen-bond acceptors (Lipinski definition) is 4. The van der Waals surface area contributed by atoms with Crippen LogP contribution in [0, 0.1) is 5.92 Å². The van der Waals surface area contributed by atoms with E-state index in [1.807, 2.05) is 24.3 Å². The topological polar surface area (TPSA) is 43.6 Å². The minimum Gasteiger partial charge on any atom is -0.497 e. The van der Waals surface area contributed by atoms with Gasteiger partial charge in [0.1, 0.15) is 23.0 Å². The van der Waals surface area contributed by atoms with Gasteiger partial charge in [0.2, 0.25) is 0 Å². The Kier molecular flexibility index (Phi) is 3.78. The van der Waals surface area contributed by atoms with Crippen molar-refractivity contribution in [1.82, 2.24) is 0 Å². The van der Waals surface area contributed by atoms with E-state index < -0.39 is 0 Å². The Morgan fingerprint density at radius 3 is 2.67 bits per heavy atom. The molecule has 1 aromatic carbocycles. The van der Waals surface area contributed by atoms with Gasteiger partial charge in [-0.05, 0) is 36.6 Å². The number of furan rings is 1. The quantitative estimate of drug-likeness (QED) is 0.871. The molecule has 1 aliphatic carbocycles. The number of benzene rings is 1. The highest BCUT2D eigenvalue weighted by molar-refractivity contribution is 5.59. The molecule has 2 unspecified atom stereocenters. The third-order valence-electron chi connectivity index (χ3n) is 4.02. The fourth-order valence-electron chi connectivity index (χ4n) is 2.53. The second kappa shape index (κ2) is 5.72. The molecule has 21 heavy (non-hydrogen) atoms. The minimum absolute atomic E-state index is 0.620. The van der Waals surface area contributed by atoms with Gasteiger partial charge in [-0.25, -0.2) is 0 Å². The molecular formula is C17H21NO3. The molecule has 2 aromatic rings. The van der Waals surface area contributed by atoms with E-state index in [1.54, 1.807) is 14.2 Å². The van der Waals surface area contributed by atoms with Gasteiger partial charge < -0.3 is 19.2 Å². The predicted octanol–water partition coefficient (Wildman–Crippen LogP) is 4.03. The first kappa shape index (κ1) is 13.9. The molecule has 1 fully saturated rings. The van der Waals surface area contributed by atoms with E-state index in [-0.39, 0.29) is 0 Å². The zero-order valence-electron chi connectivity index (χ0n) is 12.7. The molecule has 1 saturated carbocycles. The molecule has 0 radical (unpaired) electrons. The van der Waals surface area contributed by atoms with Gasteiger partial charge in [0, 0.05) is 12.0 Å². The highest BCUT2D eigenvalue weighted by Crippen LogP contribution is 2.47. The van der Waals surface area contributed by atoms with E-state index in [1.165, 1.54) is 6.42 Å². The molecule has 1 aliphatic rings. The lowest BCUT2D eigenvalue weighted by Gasteiger charge is -2.11. The van der Waals surface area contributed by atoms with Crippen molar-refractivity contribution in [3.63, 3.8) is 0 Å². The summed E-state index contributed by atoms with van der Waals surface area (Å²) in [6.07, 6.45) is 1.24. The first-order valence-corrected chi connectivity index (χ1v) is 7.25. The Bertz CT molecular complexity index is 620. The molecule has 3 rings (SSSR count). The van der Waals surface area contributed by atoms with Crippen LogP contribution < -0.4 is 14.8 Å². The third kappa shape index (κ3) is 2.99. The van der Waals surface area contributed by atoms with Crippen LogP contribution in [0.5, 0.6) is 11.5 Å². The summed E-state index contributed by atoms with van der Waals surface area (Å²) < 4.78 is 16.5. The molecule has 4 heteroatoms. The normalized spacial score (nSPS) is 20.1. The molecule has 1 heterocycles. The fourth-order valence-corrected chi connectivity index (χ4v) is 2.53. The van der Waals surface area contributed by atoms with Crippen molar-refractivity contribution in [2.45, 2.75) is 25.8 Å². The average molecular weight is 287 g/mol. The Morgan fingerprint density at radius 1 is 1.19 bits per heavy atom. The van der Waals surface area contributed by atoms with E-state index in [0.29, 0.717) is 12.5 Å². The van der Waals surface area contributed by atoms with E-state index in [2.05, 4.69) is 18.3 Å². The number of anilines is 1. The standard InChI is InChI=1S/C17H21NO3/c1-11-8-14(11)16-7-5-13(21-16)10-18-15-6-4-12(19-2)9-17(15)20-3/h4-7,9,11,14,18H,8,10H2,1-3H3. The number of hydrogen-bond donors (Lipinski definition) is 1. The van der Waals surface area contributed by atoms with Crippen molar-refractivity contribution in [3.8, 4) is 11.5 Å². The van der Waals surface area contributed by atoms with E-state index in [9.17, 15) is 0 Å². The molecular weight excluding hydrogens is 266 g/mol. The van der Waals surface area contributed by atoms with Crippen LogP contribution in [0.15, 0.2) is 34.7 Å². The van der Waals surface area contributed by atoms with Gasteiger partial charge in [0.25, 0.3) is 0 Å². The monoisotopic (exact) mass is 287 g/mol. The van der Waals surface area contributed by atoms with Crippen molar-refractivity contribution in [1.29, 1.82) is 0 Å². The molecule has 4 nitrogen and oxygen atoms in total. The van der Waals surface area contributed by atoms with Crippen LogP contribution in [0.3, 0.4) is 0 Å². The lowest BCUT2D eigenvalue weighted by Crippen LogP contribution is -2.00. The Hall–Kier alpha value is -2.10. The van der Waals surface area contributed by atoms with Gasteiger partial charge in [0.05, 0.1) is 26.5 Å². The largest absolute Gasteiger partial charge is 0.497 e. The molecule has 0 aliphatic heterocycles. The molecule has 0 amide bonds. The van der Waals surface area contributed by atoms with Crippen LogP contribution in [0.1, 0.15) is 30.8 Å². The summed E-state index contributed by atoms with van der Waals surface area (Å²) in [5, 5.41) is 3.34. The van der Waals surface area contributed by atoms with Crippen LogP contribution in [0.4, 0.5) is 5.69 Å². The van der Waals surface area contributed by atoms with Crippen LogP contribution >= 0.6 is 0 Å². The summed E-state index contributed by atoms with van der Waals surface area (Å²) in [7, 11) is 3.30. The lowest BCUT2D eigenvalue weighted by molar-refractivity contribution is 0.395. The molecule has 0 saturated heterocycles. The summed E-state index contributed by atoms with van der Waals surface area (Å²) in [5.74, 6) is 4.98. The van der Waals surface area contributed by atoms with Crippen molar-refractivity contribution in [2.24, 2.45) is 5.92 Å². The summed E-state index contributed by atoms with van der Waals surface area (Å²) in [4.78, 5) is 0. The summed E-state index contributed by atoms with van der Waals surface area (Å²) in [6.45, 7) is 2.90. The smallest absolute Gasteiger partial charge is 0.145 e. The maximum atomic E-state index is 5.89. The Labute approximate surface area is 125 Å². The Balaban J connectivity index is 1.65. The number of methoxy groups -OCH3 is 2. The van der Waals surface area contributed by atoms with Gasteiger partial charge in [0.15, 0.2) is 0 Å². The van der Waals surface area contributed by atoms with Crippen molar-refractivity contribution in [2.75, 3.05) is 19.5 Å². The summed E-state index contributed by atoms with van der Waals surface area (Å²) in [6, 6.07) is 9.86. The van der Waals surface area contributed by atoms with E-state index in [4.69, 9.17) is 13.9 Å². The first-order chi connectivity index (χ1) is 10.2. The van der Waals surface area contributed by atoms with Gasteiger partial charge in [-0.3, -0.25) is 0 Å². The SMILES string of the molecule is COc1ccc(NCc2ccc(C3CC3C)o2)c(OC)c1. The van der Waals surface area contributed by atoms with Crippen molar-refractivity contribution in [3.05, 3.63) is 41.9 Å². The average Bonchev–Trinajstić information content (AvgIpc) is 3.06. The van der Waals surface area contributed by atoms with Crippen molar-refractivity contribution < 1.29 is 13.9 Å². The minimum atomic E-state index is 0.620. The highest BCUT2D eigenvalue weighted by atomic mass is 16.5.